The Hall–Kier alpha value is -1.74. The van der Waals surface area contributed by atoms with Crippen molar-refractivity contribution in [2.75, 3.05) is 6.54 Å². The van der Waals surface area contributed by atoms with Gasteiger partial charge in [0.05, 0.1) is 5.52 Å². The summed E-state index contributed by atoms with van der Waals surface area (Å²) in [7, 11) is 0. The molecule has 1 aliphatic rings. The van der Waals surface area contributed by atoms with Gasteiger partial charge >= 0.3 is 0 Å². The average molecular weight is 282 g/mol. The Morgan fingerprint density at radius 1 is 1.29 bits per heavy atom. The number of rotatable bonds is 4. The second kappa shape index (κ2) is 6.35. The van der Waals surface area contributed by atoms with Crippen LogP contribution in [0.4, 0.5) is 0 Å². The van der Waals surface area contributed by atoms with E-state index in [1.165, 1.54) is 23.8 Å². The molecule has 1 unspecified atom stereocenters. The van der Waals surface area contributed by atoms with Gasteiger partial charge in [0, 0.05) is 30.6 Å². The van der Waals surface area contributed by atoms with Crippen molar-refractivity contribution in [2.24, 2.45) is 0 Å². The van der Waals surface area contributed by atoms with E-state index in [2.05, 4.69) is 34.1 Å². The lowest BCUT2D eigenvalue weighted by Gasteiger charge is -2.35. The minimum absolute atomic E-state index is 0.294. The molecule has 1 aliphatic heterocycles. The maximum atomic E-state index is 11.5. The van der Waals surface area contributed by atoms with Gasteiger partial charge < -0.3 is 0 Å². The van der Waals surface area contributed by atoms with Crippen LogP contribution in [0.15, 0.2) is 36.5 Å². The molecule has 2 aromatic rings. The molecule has 0 spiro atoms. The molecule has 0 radical (unpaired) electrons. The molecule has 1 fully saturated rings. The standard InChI is InChI=1S/C18H22N2O/c1-14(21)12-17-9-2-3-11-20(17)13-16-7-4-6-15-8-5-10-19-18(15)16/h4-8,10,17H,2-3,9,11-13H2,1H3. The van der Waals surface area contributed by atoms with E-state index in [-0.39, 0.29) is 0 Å². The highest BCUT2D eigenvalue weighted by Gasteiger charge is 2.24. The first-order valence-electron chi connectivity index (χ1n) is 7.80. The van der Waals surface area contributed by atoms with Gasteiger partial charge in [0.2, 0.25) is 0 Å². The van der Waals surface area contributed by atoms with E-state index in [0.717, 1.165) is 25.0 Å². The summed E-state index contributed by atoms with van der Waals surface area (Å²) in [6.07, 6.45) is 6.14. The highest BCUT2D eigenvalue weighted by atomic mass is 16.1. The number of hydrogen-bond donors (Lipinski definition) is 0. The SMILES string of the molecule is CC(=O)CC1CCCCN1Cc1cccc2cccnc12. The first kappa shape index (κ1) is 14.2. The summed E-state index contributed by atoms with van der Waals surface area (Å²) in [6.45, 7) is 3.68. The molecule has 1 aromatic carbocycles. The predicted molar refractivity (Wildman–Crippen MR) is 85.1 cm³/mol. The Morgan fingerprint density at radius 2 is 2.14 bits per heavy atom. The normalized spacial score (nSPS) is 19.8. The molecule has 3 rings (SSSR count). The summed E-state index contributed by atoms with van der Waals surface area (Å²) in [6, 6.07) is 10.9. The summed E-state index contributed by atoms with van der Waals surface area (Å²) in [5, 5.41) is 1.19. The van der Waals surface area contributed by atoms with Crippen LogP contribution >= 0.6 is 0 Å². The van der Waals surface area contributed by atoms with E-state index in [4.69, 9.17) is 0 Å². The van der Waals surface area contributed by atoms with Gasteiger partial charge in [-0.15, -0.1) is 0 Å². The maximum Gasteiger partial charge on any atom is 0.131 e. The zero-order chi connectivity index (χ0) is 14.7. The van der Waals surface area contributed by atoms with Crippen LogP contribution in [-0.4, -0.2) is 28.3 Å². The summed E-state index contributed by atoms with van der Waals surface area (Å²) >= 11 is 0. The van der Waals surface area contributed by atoms with Crippen molar-refractivity contribution >= 4 is 16.7 Å². The number of Topliss-reactive ketones (excluding diaryl/α,β-unsaturated/α-hetero) is 1. The highest BCUT2D eigenvalue weighted by molar-refractivity contribution is 5.81. The molecule has 0 amide bonds. The van der Waals surface area contributed by atoms with Crippen molar-refractivity contribution < 1.29 is 4.79 Å². The van der Waals surface area contributed by atoms with Crippen LogP contribution in [0.25, 0.3) is 10.9 Å². The van der Waals surface area contributed by atoms with Gasteiger partial charge in [0.1, 0.15) is 5.78 Å². The predicted octanol–water partition coefficient (Wildman–Crippen LogP) is 3.57. The molecule has 0 bridgehead atoms. The Bertz CT molecular complexity index is 633. The quantitative estimate of drug-likeness (QED) is 0.859. The van der Waals surface area contributed by atoms with Crippen molar-refractivity contribution in [3.8, 4) is 0 Å². The number of fused-ring (bicyclic) bond motifs is 1. The topological polar surface area (TPSA) is 33.2 Å². The number of hydrogen-bond acceptors (Lipinski definition) is 3. The van der Waals surface area contributed by atoms with Crippen molar-refractivity contribution in [1.82, 2.24) is 9.88 Å². The van der Waals surface area contributed by atoms with Crippen LogP contribution < -0.4 is 0 Å². The molecular weight excluding hydrogens is 260 g/mol. The van der Waals surface area contributed by atoms with Gasteiger partial charge in [-0.05, 0) is 37.9 Å². The first-order chi connectivity index (χ1) is 10.2. The van der Waals surface area contributed by atoms with Crippen LogP contribution in [0.2, 0.25) is 0 Å². The molecule has 3 heteroatoms. The maximum absolute atomic E-state index is 11.5. The molecule has 1 atom stereocenters. The molecule has 0 N–H and O–H groups in total. The Balaban J connectivity index is 1.84. The third kappa shape index (κ3) is 3.30. The zero-order valence-corrected chi connectivity index (χ0v) is 12.6. The molecule has 3 nitrogen and oxygen atoms in total. The Labute approximate surface area is 126 Å². The molecular formula is C18H22N2O. The molecule has 21 heavy (non-hydrogen) atoms. The molecule has 110 valence electrons. The number of carbonyl (C=O) groups excluding carboxylic acids is 1. The number of piperidine rings is 1. The summed E-state index contributed by atoms with van der Waals surface area (Å²) in [5.41, 5.74) is 2.36. The summed E-state index contributed by atoms with van der Waals surface area (Å²) in [4.78, 5) is 18.5. The van der Waals surface area contributed by atoms with Gasteiger partial charge in [-0.1, -0.05) is 30.7 Å². The fourth-order valence-corrected chi connectivity index (χ4v) is 3.34. The average Bonchev–Trinajstić information content (AvgIpc) is 2.49. The lowest BCUT2D eigenvalue weighted by atomic mass is 9.96. The summed E-state index contributed by atoms with van der Waals surface area (Å²) in [5.74, 6) is 0.294. The van der Waals surface area contributed by atoms with Crippen LogP contribution in [-0.2, 0) is 11.3 Å². The second-order valence-corrected chi connectivity index (χ2v) is 6.02. The lowest BCUT2D eigenvalue weighted by molar-refractivity contribution is -0.118. The minimum Gasteiger partial charge on any atom is -0.300 e. The number of aromatic nitrogens is 1. The van der Waals surface area contributed by atoms with E-state index < -0.39 is 0 Å². The Kier molecular flexibility index (Phi) is 4.30. The Morgan fingerprint density at radius 3 is 3.00 bits per heavy atom. The van der Waals surface area contributed by atoms with Crippen LogP contribution in [0, 0.1) is 0 Å². The smallest absolute Gasteiger partial charge is 0.131 e. The van der Waals surface area contributed by atoms with Crippen molar-refractivity contribution in [3.63, 3.8) is 0 Å². The fraction of sp³-hybridized carbons (Fsp3) is 0.444. The van der Waals surface area contributed by atoms with Gasteiger partial charge in [0.15, 0.2) is 0 Å². The lowest BCUT2D eigenvalue weighted by Crippen LogP contribution is -2.40. The fourth-order valence-electron chi connectivity index (χ4n) is 3.34. The van der Waals surface area contributed by atoms with Crippen molar-refractivity contribution in [2.45, 2.75) is 45.2 Å². The number of para-hydroxylation sites is 1. The van der Waals surface area contributed by atoms with Gasteiger partial charge in [0.25, 0.3) is 0 Å². The van der Waals surface area contributed by atoms with E-state index in [0.29, 0.717) is 18.2 Å². The van der Waals surface area contributed by atoms with Crippen molar-refractivity contribution in [1.29, 1.82) is 0 Å². The van der Waals surface area contributed by atoms with Gasteiger partial charge in [-0.3, -0.25) is 14.7 Å². The molecule has 2 heterocycles. The number of benzene rings is 1. The molecule has 0 saturated carbocycles. The molecule has 1 saturated heterocycles. The minimum atomic E-state index is 0.294. The highest BCUT2D eigenvalue weighted by Crippen LogP contribution is 2.24. The number of ketones is 1. The monoisotopic (exact) mass is 282 g/mol. The van der Waals surface area contributed by atoms with E-state index in [1.807, 2.05) is 12.3 Å². The zero-order valence-electron chi connectivity index (χ0n) is 12.6. The first-order valence-corrected chi connectivity index (χ1v) is 7.80. The number of likely N-dealkylation sites (tertiary alicyclic amines) is 1. The van der Waals surface area contributed by atoms with Crippen LogP contribution in [0.5, 0.6) is 0 Å². The number of nitrogens with zero attached hydrogens (tertiary/aromatic N) is 2. The van der Waals surface area contributed by atoms with E-state index in [1.54, 1.807) is 6.92 Å². The van der Waals surface area contributed by atoms with E-state index >= 15 is 0 Å². The second-order valence-electron chi connectivity index (χ2n) is 6.02. The third-order valence-electron chi connectivity index (χ3n) is 4.36. The van der Waals surface area contributed by atoms with Gasteiger partial charge in [-0.2, -0.15) is 0 Å². The number of carbonyl (C=O) groups is 1. The van der Waals surface area contributed by atoms with Crippen LogP contribution in [0.3, 0.4) is 0 Å². The van der Waals surface area contributed by atoms with Crippen molar-refractivity contribution in [3.05, 3.63) is 42.1 Å². The largest absolute Gasteiger partial charge is 0.300 e. The van der Waals surface area contributed by atoms with E-state index in [9.17, 15) is 4.79 Å². The van der Waals surface area contributed by atoms with Crippen LogP contribution in [0.1, 0.15) is 38.2 Å². The molecule has 0 aliphatic carbocycles. The molecule has 1 aromatic heterocycles. The third-order valence-corrected chi connectivity index (χ3v) is 4.36. The van der Waals surface area contributed by atoms with Gasteiger partial charge in [-0.25, -0.2) is 0 Å². The summed E-state index contributed by atoms with van der Waals surface area (Å²) < 4.78 is 0. The number of pyridine rings is 1.